The third-order valence-corrected chi connectivity index (χ3v) is 6.10. The number of hydrogen-bond acceptors (Lipinski definition) is 5. The molecule has 1 amide bonds. The van der Waals surface area contributed by atoms with Gasteiger partial charge in [-0.25, -0.2) is 9.18 Å². The quantitative estimate of drug-likeness (QED) is 0.574. The van der Waals surface area contributed by atoms with E-state index in [2.05, 4.69) is 27.7 Å². The number of hydrogen-bond donors (Lipinski definition) is 1. The van der Waals surface area contributed by atoms with Crippen molar-refractivity contribution in [1.29, 1.82) is 0 Å². The summed E-state index contributed by atoms with van der Waals surface area (Å²) in [6, 6.07) is 4.61. The summed E-state index contributed by atoms with van der Waals surface area (Å²) in [5, 5.41) is 0. The van der Waals surface area contributed by atoms with Gasteiger partial charge in [0.25, 0.3) is 0 Å². The molecule has 1 aromatic carbocycles. The Balaban J connectivity index is 2.11. The first-order valence-electron chi connectivity index (χ1n) is 11.2. The Labute approximate surface area is 192 Å². The van der Waals surface area contributed by atoms with Crippen LogP contribution in [0.25, 0.3) is 0 Å². The fourth-order valence-corrected chi connectivity index (χ4v) is 4.22. The van der Waals surface area contributed by atoms with Crippen LogP contribution in [-0.2, 0) is 14.0 Å². The minimum Gasteiger partial charge on any atom is -0.486 e. The maximum Gasteiger partial charge on any atom is 0.494 e. The predicted octanol–water partition coefficient (Wildman–Crippen LogP) is 4.82. The molecular formula is C24H39BFNO5. The summed E-state index contributed by atoms with van der Waals surface area (Å²) in [7, 11) is -0.662. The standard InChI is InChI=1S/C24H39BFNO5/c1-16(13-21(2,3)4)14-24(9,30-20(27)28)15-29-19-11-10-17(12-18(19)26)25-31-22(5,6)23(7,8)32-25/h10-12,16H,13-15H2,1-9H3,(H2,27,28)/t16-,24?/m0/s1. The van der Waals surface area contributed by atoms with E-state index in [9.17, 15) is 9.18 Å². The molecule has 8 heteroatoms. The second-order valence-corrected chi connectivity index (χ2v) is 11.5. The number of primary amides is 1. The molecule has 6 nitrogen and oxygen atoms in total. The summed E-state index contributed by atoms with van der Waals surface area (Å²) >= 11 is 0. The van der Waals surface area contributed by atoms with E-state index in [0.717, 1.165) is 6.42 Å². The Bertz CT molecular complexity index is 807. The molecule has 0 spiro atoms. The summed E-state index contributed by atoms with van der Waals surface area (Å²) in [6.45, 7) is 18.1. The summed E-state index contributed by atoms with van der Waals surface area (Å²) in [5.74, 6) is -0.229. The zero-order chi connectivity index (χ0) is 24.5. The number of amides is 1. The van der Waals surface area contributed by atoms with Gasteiger partial charge in [-0.05, 0) is 76.4 Å². The highest BCUT2D eigenvalue weighted by Gasteiger charge is 2.51. The molecule has 0 aromatic heterocycles. The molecule has 0 saturated carbocycles. The van der Waals surface area contributed by atoms with Crippen molar-refractivity contribution in [2.75, 3.05) is 6.61 Å². The lowest BCUT2D eigenvalue weighted by molar-refractivity contribution is -0.0238. The number of halogens is 1. The van der Waals surface area contributed by atoms with Crippen molar-refractivity contribution in [2.45, 2.75) is 92.0 Å². The van der Waals surface area contributed by atoms with E-state index >= 15 is 0 Å². The minimum atomic E-state index is -0.979. The van der Waals surface area contributed by atoms with Crippen molar-refractivity contribution in [1.82, 2.24) is 0 Å². The first-order chi connectivity index (χ1) is 14.4. The third kappa shape index (κ3) is 6.85. The molecule has 1 heterocycles. The Morgan fingerprint density at radius 1 is 1.12 bits per heavy atom. The van der Waals surface area contributed by atoms with Gasteiger partial charge >= 0.3 is 13.2 Å². The molecule has 2 rings (SSSR count). The maximum atomic E-state index is 14.8. The summed E-state index contributed by atoms with van der Waals surface area (Å²) in [4.78, 5) is 11.5. The zero-order valence-electron chi connectivity index (χ0n) is 21.0. The highest BCUT2D eigenvalue weighted by Crippen LogP contribution is 2.37. The maximum absolute atomic E-state index is 14.8. The van der Waals surface area contributed by atoms with Gasteiger partial charge < -0.3 is 24.5 Å². The number of carbonyl (C=O) groups excluding carboxylic acids is 1. The van der Waals surface area contributed by atoms with E-state index in [1.807, 2.05) is 27.7 Å². The van der Waals surface area contributed by atoms with Gasteiger partial charge in [0.2, 0.25) is 0 Å². The van der Waals surface area contributed by atoms with Crippen molar-refractivity contribution in [2.24, 2.45) is 17.1 Å². The largest absolute Gasteiger partial charge is 0.494 e. The van der Waals surface area contributed by atoms with Crippen LogP contribution in [0.5, 0.6) is 5.75 Å². The van der Waals surface area contributed by atoms with Crippen LogP contribution in [0.15, 0.2) is 18.2 Å². The Morgan fingerprint density at radius 2 is 1.69 bits per heavy atom. The van der Waals surface area contributed by atoms with Crippen molar-refractivity contribution >= 4 is 18.7 Å². The normalized spacial score (nSPS) is 20.5. The SMILES string of the molecule is C[C@@H](CC(C)(C)C)CC(C)(COc1ccc(B2OC(C)(C)C(C)(C)O2)cc1F)OC(N)=O. The second kappa shape index (κ2) is 9.22. The second-order valence-electron chi connectivity index (χ2n) is 11.5. The highest BCUT2D eigenvalue weighted by molar-refractivity contribution is 6.62. The van der Waals surface area contributed by atoms with Gasteiger partial charge in [-0.2, -0.15) is 0 Å². The van der Waals surface area contributed by atoms with Crippen LogP contribution in [0.2, 0.25) is 0 Å². The van der Waals surface area contributed by atoms with Crippen LogP contribution in [-0.4, -0.2) is 36.6 Å². The summed E-state index contributed by atoms with van der Waals surface area (Å²) in [6.07, 6.45) is 0.596. The topological polar surface area (TPSA) is 80.0 Å². The smallest absolute Gasteiger partial charge is 0.486 e. The minimum absolute atomic E-state index is 0.0167. The molecule has 1 fully saturated rings. The Hall–Kier alpha value is -1.80. The Kier molecular flexibility index (Phi) is 7.62. The zero-order valence-corrected chi connectivity index (χ0v) is 21.0. The lowest BCUT2D eigenvalue weighted by Crippen LogP contribution is -2.41. The summed E-state index contributed by atoms with van der Waals surface area (Å²) in [5.41, 5.74) is 3.99. The first-order valence-corrected chi connectivity index (χ1v) is 11.2. The lowest BCUT2D eigenvalue weighted by atomic mass is 9.79. The lowest BCUT2D eigenvalue weighted by Gasteiger charge is -2.33. The van der Waals surface area contributed by atoms with Gasteiger partial charge in [0, 0.05) is 0 Å². The van der Waals surface area contributed by atoms with Crippen LogP contribution in [0.3, 0.4) is 0 Å². The van der Waals surface area contributed by atoms with E-state index in [4.69, 9.17) is 24.5 Å². The molecule has 0 aliphatic carbocycles. The molecule has 2 N–H and O–H groups in total. The number of nitrogens with two attached hydrogens (primary N) is 1. The van der Waals surface area contributed by atoms with Crippen LogP contribution in [0.4, 0.5) is 9.18 Å². The molecule has 0 bridgehead atoms. The molecular weight excluding hydrogens is 412 g/mol. The molecule has 1 aliphatic rings. The highest BCUT2D eigenvalue weighted by atomic mass is 19.1. The molecule has 1 aromatic rings. The van der Waals surface area contributed by atoms with E-state index in [1.165, 1.54) is 6.07 Å². The fourth-order valence-electron chi connectivity index (χ4n) is 4.22. The number of rotatable bonds is 8. The number of ether oxygens (including phenoxy) is 2. The van der Waals surface area contributed by atoms with E-state index < -0.39 is 35.8 Å². The molecule has 1 unspecified atom stereocenters. The molecule has 1 aliphatic heterocycles. The molecule has 1 saturated heterocycles. The van der Waals surface area contributed by atoms with Crippen LogP contribution >= 0.6 is 0 Å². The average Bonchev–Trinajstić information content (AvgIpc) is 2.78. The average molecular weight is 451 g/mol. The summed E-state index contributed by atoms with van der Waals surface area (Å²) < 4.78 is 37.9. The van der Waals surface area contributed by atoms with Crippen molar-refractivity contribution < 1.29 is 28.0 Å². The van der Waals surface area contributed by atoms with E-state index in [0.29, 0.717) is 11.9 Å². The van der Waals surface area contributed by atoms with Crippen LogP contribution < -0.4 is 15.9 Å². The van der Waals surface area contributed by atoms with Gasteiger partial charge in [-0.15, -0.1) is 0 Å². The Morgan fingerprint density at radius 3 is 2.16 bits per heavy atom. The van der Waals surface area contributed by atoms with Gasteiger partial charge in [0.15, 0.2) is 11.6 Å². The number of benzene rings is 1. The molecule has 2 atom stereocenters. The van der Waals surface area contributed by atoms with Crippen molar-refractivity contribution in [3.8, 4) is 5.75 Å². The van der Waals surface area contributed by atoms with E-state index in [1.54, 1.807) is 19.1 Å². The van der Waals surface area contributed by atoms with Gasteiger partial charge in [0.05, 0.1) is 11.2 Å². The van der Waals surface area contributed by atoms with Gasteiger partial charge in [-0.1, -0.05) is 33.8 Å². The molecule has 180 valence electrons. The van der Waals surface area contributed by atoms with E-state index in [-0.39, 0.29) is 23.7 Å². The van der Waals surface area contributed by atoms with Crippen LogP contribution in [0.1, 0.15) is 75.2 Å². The molecule has 0 radical (unpaired) electrons. The number of carbonyl (C=O) groups is 1. The fraction of sp³-hybridized carbons (Fsp3) is 0.708. The third-order valence-electron chi connectivity index (χ3n) is 6.10. The predicted molar refractivity (Wildman–Crippen MR) is 125 cm³/mol. The van der Waals surface area contributed by atoms with Gasteiger partial charge in [0.1, 0.15) is 12.2 Å². The van der Waals surface area contributed by atoms with Crippen molar-refractivity contribution in [3.05, 3.63) is 24.0 Å². The van der Waals surface area contributed by atoms with Gasteiger partial charge in [-0.3, -0.25) is 0 Å². The van der Waals surface area contributed by atoms with Crippen molar-refractivity contribution in [3.63, 3.8) is 0 Å². The van der Waals surface area contributed by atoms with Crippen LogP contribution in [0, 0.1) is 17.2 Å². The first kappa shape index (κ1) is 26.5. The monoisotopic (exact) mass is 451 g/mol. The molecule has 32 heavy (non-hydrogen) atoms.